The molecule has 0 unspecified atom stereocenters. The Morgan fingerprint density at radius 2 is 1.91 bits per heavy atom. The number of nitrogens with zero attached hydrogens (tertiary/aromatic N) is 1. The third-order valence-electron chi connectivity index (χ3n) is 3.32. The maximum Gasteiger partial charge on any atom is 0.322 e. The van der Waals surface area contributed by atoms with Gasteiger partial charge in [-0.15, -0.1) is 0 Å². The molecule has 1 heterocycles. The first-order valence-corrected chi connectivity index (χ1v) is 7.92. The summed E-state index contributed by atoms with van der Waals surface area (Å²) in [6.45, 7) is 0.00508. The molecule has 2 amide bonds. The fourth-order valence-corrected chi connectivity index (χ4v) is 2.54. The van der Waals surface area contributed by atoms with Gasteiger partial charge in [0.25, 0.3) is 11.8 Å². The van der Waals surface area contributed by atoms with Crippen LogP contribution in [-0.2, 0) is 20.9 Å². The van der Waals surface area contributed by atoms with Gasteiger partial charge in [0.15, 0.2) is 0 Å². The number of aliphatic carboxylic acids is 1. The Morgan fingerprint density at radius 3 is 2.52 bits per heavy atom. The van der Waals surface area contributed by atoms with Gasteiger partial charge < -0.3 is 20.4 Å². The molecule has 0 radical (unpaired) electrons. The Labute approximate surface area is 146 Å². The van der Waals surface area contributed by atoms with Gasteiger partial charge in [0.05, 0.1) is 0 Å². The Balaban J connectivity index is 2.11. The monoisotopic (exact) mass is 430 g/mol. The second-order valence-electron chi connectivity index (χ2n) is 5.00. The van der Waals surface area contributed by atoms with Crippen molar-refractivity contribution in [3.63, 3.8) is 0 Å². The van der Waals surface area contributed by atoms with Crippen LogP contribution in [0.15, 0.2) is 35.6 Å². The molecule has 0 bridgehead atoms. The molecule has 0 saturated heterocycles. The lowest BCUT2D eigenvalue weighted by Gasteiger charge is -2.28. The molecule has 0 aliphatic carbocycles. The van der Waals surface area contributed by atoms with Crippen LogP contribution in [0, 0.1) is 3.57 Å². The van der Waals surface area contributed by atoms with E-state index in [0.717, 1.165) is 9.13 Å². The molecule has 0 aromatic heterocycles. The Hall–Kier alpha value is -2.10. The first-order valence-electron chi connectivity index (χ1n) is 6.84. The molecule has 3 N–H and O–H groups in total. The van der Waals surface area contributed by atoms with Crippen LogP contribution < -0.4 is 5.32 Å². The molecule has 0 atom stereocenters. The summed E-state index contributed by atoms with van der Waals surface area (Å²) >= 11 is 2.18. The van der Waals surface area contributed by atoms with Gasteiger partial charge in [-0.25, -0.2) is 0 Å². The molecule has 1 aromatic rings. The summed E-state index contributed by atoms with van der Waals surface area (Å²) in [5, 5.41) is 20.5. The molecule has 0 spiro atoms. The van der Waals surface area contributed by atoms with Gasteiger partial charge in [-0.05, 0) is 40.3 Å². The number of nitrogens with one attached hydrogen (secondary N) is 1. The van der Waals surface area contributed by atoms with E-state index in [1.807, 2.05) is 24.3 Å². The maximum atomic E-state index is 12.4. The maximum absolute atomic E-state index is 12.4. The lowest BCUT2D eigenvalue weighted by molar-refractivity contribution is -0.138. The largest absolute Gasteiger partial charge is 0.511 e. The highest BCUT2D eigenvalue weighted by molar-refractivity contribution is 14.1. The molecule has 1 aliphatic heterocycles. The fraction of sp³-hybridized carbons (Fsp3) is 0.267. The molecule has 23 heavy (non-hydrogen) atoms. The van der Waals surface area contributed by atoms with Crippen LogP contribution in [0.1, 0.15) is 12.0 Å². The second-order valence-corrected chi connectivity index (χ2v) is 6.25. The van der Waals surface area contributed by atoms with Gasteiger partial charge in [-0.1, -0.05) is 12.1 Å². The fourth-order valence-electron chi connectivity index (χ4n) is 2.18. The molecular formula is C15H15IN2O5. The molecule has 7 nitrogen and oxygen atoms in total. The van der Waals surface area contributed by atoms with Crippen LogP contribution in [-0.4, -0.2) is 46.0 Å². The summed E-state index contributed by atoms with van der Waals surface area (Å²) in [7, 11) is 0. The van der Waals surface area contributed by atoms with Gasteiger partial charge >= 0.3 is 5.97 Å². The minimum Gasteiger partial charge on any atom is -0.511 e. The van der Waals surface area contributed by atoms with Crippen molar-refractivity contribution in [2.24, 2.45) is 0 Å². The minimum atomic E-state index is -1.22. The Morgan fingerprint density at radius 1 is 1.26 bits per heavy atom. The molecule has 0 saturated carbocycles. The predicted octanol–water partition coefficient (Wildman–Crippen LogP) is 1.04. The van der Waals surface area contributed by atoms with Crippen LogP contribution in [0.4, 0.5) is 0 Å². The van der Waals surface area contributed by atoms with Crippen molar-refractivity contribution in [3.05, 3.63) is 44.7 Å². The van der Waals surface area contributed by atoms with E-state index in [1.54, 1.807) is 0 Å². The van der Waals surface area contributed by atoms with Gasteiger partial charge in [0.1, 0.15) is 17.9 Å². The number of carboxylic acids is 1. The molecule has 1 aliphatic rings. The standard InChI is InChI=1S/C15H15IN2O5/c16-10-3-1-9(2-4-10)8-18-6-5-11(19)13(15(18)23)14(22)17-7-12(20)21/h1-4,19H,5-8H2,(H,17,22)(H,20,21). The number of carbonyl (C=O) groups excluding carboxylic acids is 2. The van der Waals surface area contributed by atoms with Crippen molar-refractivity contribution in [3.8, 4) is 0 Å². The van der Waals surface area contributed by atoms with Crippen molar-refractivity contribution in [2.75, 3.05) is 13.1 Å². The normalized spacial score (nSPS) is 14.8. The smallest absolute Gasteiger partial charge is 0.322 e. The number of amides is 2. The van der Waals surface area contributed by atoms with Crippen molar-refractivity contribution in [1.29, 1.82) is 0 Å². The van der Waals surface area contributed by atoms with E-state index in [4.69, 9.17) is 5.11 Å². The lowest BCUT2D eigenvalue weighted by atomic mass is 10.0. The van der Waals surface area contributed by atoms with E-state index in [-0.39, 0.29) is 17.8 Å². The van der Waals surface area contributed by atoms with Crippen LogP contribution in [0.3, 0.4) is 0 Å². The van der Waals surface area contributed by atoms with Gasteiger partial charge in [0, 0.05) is 23.1 Å². The zero-order valence-electron chi connectivity index (χ0n) is 12.1. The average molecular weight is 430 g/mol. The summed E-state index contributed by atoms with van der Waals surface area (Å²) in [5.41, 5.74) is 0.522. The number of benzene rings is 1. The third-order valence-corrected chi connectivity index (χ3v) is 4.04. The summed E-state index contributed by atoms with van der Waals surface area (Å²) < 4.78 is 1.07. The summed E-state index contributed by atoms with van der Waals surface area (Å²) in [5.74, 6) is -3.01. The highest BCUT2D eigenvalue weighted by Crippen LogP contribution is 2.20. The number of carbonyl (C=O) groups is 3. The highest BCUT2D eigenvalue weighted by Gasteiger charge is 2.32. The predicted molar refractivity (Wildman–Crippen MR) is 89.5 cm³/mol. The third kappa shape index (κ3) is 4.44. The minimum absolute atomic E-state index is 0.159. The first kappa shape index (κ1) is 17.3. The van der Waals surface area contributed by atoms with E-state index >= 15 is 0 Å². The van der Waals surface area contributed by atoms with Crippen LogP contribution >= 0.6 is 22.6 Å². The highest BCUT2D eigenvalue weighted by atomic mass is 127. The van der Waals surface area contributed by atoms with Crippen molar-refractivity contribution < 1.29 is 24.6 Å². The van der Waals surface area contributed by atoms with Gasteiger partial charge in [-0.3, -0.25) is 14.4 Å². The van der Waals surface area contributed by atoms with E-state index in [9.17, 15) is 19.5 Å². The number of aliphatic hydroxyl groups excluding tert-OH is 1. The average Bonchev–Trinajstić information content (AvgIpc) is 2.50. The molecule has 122 valence electrons. The summed E-state index contributed by atoms with van der Waals surface area (Å²) in [6.07, 6.45) is 0.159. The number of hydrogen-bond acceptors (Lipinski definition) is 4. The molecule has 8 heteroatoms. The zero-order valence-corrected chi connectivity index (χ0v) is 14.2. The van der Waals surface area contributed by atoms with Crippen molar-refractivity contribution in [2.45, 2.75) is 13.0 Å². The topological polar surface area (TPSA) is 107 Å². The van der Waals surface area contributed by atoms with E-state index in [1.165, 1.54) is 4.90 Å². The van der Waals surface area contributed by atoms with E-state index in [2.05, 4.69) is 27.9 Å². The molecule has 2 rings (SSSR count). The van der Waals surface area contributed by atoms with Crippen molar-refractivity contribution in [1.82, 2.24) is 10.2 Å². The molecule has 1 aromatic carbocycles. The van der Waals surface area contributed by atoms with Gasteiger partial charge in [0.2, 0.25) is 0 Å². The summed E-state index contributed by atoms with van der Waals surface area (Å²) in [4.78, 5) is 36.3. The number of aliphatic hydroxyl groups is 1. The first-order chi connectivity index (χ1) is 10.9. The molecule has 0 fully saturated rings. The SMILES string of the molecule is O=C(O)CNC(=O)C1=C(O)CCN(Cc2ccc(I)cc2)C1=O. The number of rotatable bonds is 5. The number of carboxylic acid groups (broad SMARTS) is 1. The number of halogens is 1. The van der Waals surface area contributed by atoms with Crippen LogP contribution in [0.25, 0.3) is 0 Å². The van der Waals surface area contributed by atoms with E-state index in [0.29, 0.717) is 13.1 Å². The summed E-state index contributed by atoms with van der Waals surface area (Å²) in [6, 6.07) is 7.60. The second kappa shape index (κ2) is 7.44. The quantitative estimate of drug-likeness (QED) is 0.478. The Bertz CT molecular complexity index is 669. The lowest BCUT2D eigenvalue weighted by Crippen LogP contribution is -2.43. The van der Waals surface area contributed by atoms with Crippen molar-refractivity contribution >= 4 is 40.4 Å². The van der Waals surface area contributed by atoms with Crippen LogP contribution in [0.2, 0.25) is 0 Å². The molecular weight excluding hydrogens is 415 g/mol. The zero-order chi connectivity index (χ0) is 17.0. The number of hydrogen-bond donors (Lipinski definition) is 3. The van der Waals surface area contributed by atoms with E-state index < -0.39 is 24.3 Å². The van der Waals surface area contributed by atoms with Gasteiger partial charge in [-0.2, -0.15) is 0 Å². The van der Waals surface area contributed by atoms with Crippen LogP contribution in [0.5, 0.6) is 0 Å². The Kier molecular flexibility index (Phi) is 5.59.